The molecule has 13 heteroatoms. The van der Waals surface area contributed by atoms with Crippen LogP contribution in [0.3, 0.4) is 0 Å². The van der Waals surface area contributed by atoms with Crippen molar-refractivity contribution in [2.45, 2.75) is 24.5 Å². The Balaban J connectivity index is 1.68. The van der Waals surface area contributed by atoms with Crippen molar-refractivity contribution in [3.05, 3.63) is 30.1 Å². The molecular formula is C19H23N7O6. The highest BCUT2D eigenvalue weighted by molar-refractivity contribution is 5.85. The fourth-order valence-electron chi connectivity index (χ4n) is 3.44. The van der Waals surface area contributed by atoms with Gasteiger partial charge in [-0.1, -0.05) is 0 Å². The van der Waals surface area contributed by atoms with Gasteiger partial charge in [-0.15, -0.1) is 0 Å². The van der Waals surface area contributed by atoms with Gasteiger partial charge in [0.2, 0.25) is 5.95 Å². The molecule has 3 aromatic rings. The van der Waals surface area contributed by atoms with Gasteiger partial charge in [-0.25, -0.2) is 20.4 Å². The molecule has 0 amide bonds. The Labute approximate surface area is 182 Å². The zero-order valence-corrected chi connectivity index (χ0v) is 17.3. The number of anilines is 2. The largest absolute Gasteiger partial charge is 0.493 e. The number of hydrogen-bond acceptors (Lipinski definition) is 12. The van der Waals surface area contributed by atoms with E-state index in [-0.39, 0.29) is 22.9 Å². The maximum absolute atomic E-state index is 10.5. The van der Waals surface area contributed by atoms with Gasteiger partial charge >= 0.3 is 0 Å². The number of nitrogens with zero attached hydrogens (tertiary/aromatic N) is 5. The molecule has 0 radical (unpaired) electrons. The van der Waals surface area contributed by atoms with Gasteiger partial charge in [0, 0.05) is 0 Å². The van der Waals surface area contributed by atoms with Crippen LogP contribution in [-0.4, -0.2) is 80.2 Å². The quantitative estimate of drug-likeness (QED) is 0.233. The van der Waals surface area contributed by atoms with Crippen molar-refractivity contribution in [2.75, 3.05) is 32.0 Å². The van der Waals surface area contributed by atoms with Crippen molar-refractivity contribution in [1.82, 2.24) is 19.5 Å². The summed E-state index contributed by atoms with van der Waals surface area (Å²) in [5.41, 5.74) is 9.93. The highest BCUT2D eigenvalue weighted by Gasteiger charge is 2.45. The number of rotatable bonds is 7. The normalized spacial score (nSPS) is 23.2. The number of aromatic nitrogens is 4. The predicted octanol–water partition coefficient (Wildman–Crippen LogP) is -0.517. The Morgan fingerprint density at radius 2 is 2.00 bits per heavy atom. The number of nitrogen functional groups attached to an aromatic ring is 1. The summed E-state index contributed by atoms with van der Waals surface area (Å²) >= 11 is 0. The third kappa shape index (κ3) is 3.78. The molecule has 3 heterocycles. The number of aliphatic hydroxyl groups is 3. The standard InChI is InChI=1S/C19H23N7O6/c1-30-10-4-3-9(5-11(10)31-2)6-23-25-19-24-13-16(20)21-8-22-17(13)26(19)18-15(29)14(28)12(7-27)32-18/h3-6,8,12,14-15,18,27-29H,7H2,1-2H3,(H,24,25)(H2,20,21,22)/t12-,14-,15-,18-/m1/s1. The first kappa shape index (κ1) is 21.7. The number of imidazole rings is 1. The van der Waals surface area contributed by atoms with Crippen LogP contribution < -0.4 is 20.6 Å². The molecule has 170 valence electrons. The second-order valence-corrected chi connectivity index (χ2v) is 6.95. The molecule has 4 atom stereocenters. The lowest BCUT2D eigenvalue weighted by Gasteiger charge is -2.18. The Morgan fingerprint density at radius 3 is 2.69 bits per heavy atom. The first-order valence-corrected chi connectivity index (χ1v) is 9.60. The lowest BCUT2D eigenvalue weighted by atomic mass is 10.1. The van der Waals surface area contributed by atoms with E-state index in [0.29, 0.717) is 17.1 Å². The molecule has 0 unspecified atom stereocenters. The molecule has 32 heavy (non-hydrogen) atoms. The van der Waals surface area contributed by atoms with E-state index in [1.54, 1.807) is 25.3 Å². The van der Waals surface area contributed by atoms with Crippen LogP contribution in [0.5, 0.6) is 11.5 Å². The summed E-state index contributed by atoms with van der Waals surface area (Å²) in [7, 11) is 3.08. The first-order valence-electron chi connectivity index (χ1n) is 9.60. The topological polar surface area (TPSA) is 182 Å². The van der Waals surface area contributed by atoms with Crippen LogP contribution in [-0.2, 0) is 4.74 Å². The Bertz CT molecular complexity index is 1140. The van der Waals surface area contributed by atoms with Crippen LogP contribution >= 0.6 is 0 Å². The smallest absolute Gasteiger partial charge is 0.228 e. The number of nitrogens with two attached hydrogens (primary N) is 1. The van der Waals surface area contributed by atoms with E-state index < -0.39 is 31.1 Å². The van der Waals surface area contributed by atoms with Crippen molar-refractivity contribution in [2.24, 2.45) is 5.10 Å². The molecule has 6 N–H and O–H groups in total. The van der Waals surface area contributed by atoms with Gasteiger partial charge in [0.05, 0.1) is 27.0 Å². The van der Waals surface area contributed by atoms with Crippen LogP contribution in [0.25, 0.3) is 11.2 Å². The molecule has 0 aliphatic carbocycles. The van der Waals surface area contributed by atoms with Gasteiger partial charge in [0.1, 0.15) is 24.6 Å². The monoisotopic (exact) mass is 445 g/mol. The Hall–Kier alpha value is -3.52. The van der Waals surface area contributed by atoms with Crippen molar-refractivity contribution in [3.8, 4) is 11.5 Å². The van der Waals surface area contributed by atoms with E-state index in [1.807, 2.05) is 0 Å². The molecular weight excluding hydrogens is 422 g/mol. The second kappa shape index (κ2) is 8.92. The summed E-state index contributed by atoms with van der Waals surface area (Å²) in [6, 6.07) is 5.26. The summed E-state index contributed by atoms with van der Waals surface area (Å²) in [6.07, 6.45) is -1.96. The van der Waals surface area contributed by atoms with Crippen LogP contribution in [0.15, 0.2) is 29.6 Å². The van der Waals surface area contributed by atoms with Crippen LogP contribution in [0.2, 0.25) is 0 Å². The number of aliphatic hydroxyl groups excluding tert-OH is 3. The average molecular weight is 445 g/mol. The van der Waals surface area contributed by atoms with Gasteiger partial charge < -0.3 is 35.3 Å². The van der Waals surface area contributed by atoms with Crippen LogP contribution in [0.1, 0.15) is 11.8 Å². The van der Waals surface area contributed by atoms with Crippen molar-refractivity contribution < 1.29 is 29.5 Å². The number of nitrogens with one attached hydrogen (secondary N) is 1. The molecule has 1 aromatic carbocycles. The molecule has 1 aliphatic rings. The molecule has 0 spiro atoms. The van der Waals surface area contributed by atoms with Gasteiger partial charge in [0.15, 0.2) is 34.7 Å². The number of ether oxygens (including phenoxy) is 3. The van der Waals surface area contributed by atoms with Crippen LogP contribution in [0.4, 0.5) is 11.8 Å². The summed E-state index contributed by atoms with van der Waals surface area (Å²) in [5.74, 6) is 1.38. The van der Waals surface area contributed by atoms with Gasteiger partial charge in [-0.05, 0) is 23.8 Å². The lowest BCUT2D eigenvalue weighted by Crippen LogP contribution is -2.33. The third-order valence-electron chi connectivity index (χ3n) is 5.06. The minimum atomic E-state index is -1.35. The number of benzene rings is 1. The van der Waals surface area contributed by atoms with E-state index in [9.17, 15) is 15.3 Å². The molecule has 1 saturated heterocycles. The highest BCUT2D eigenvalue weighted by atomic mass is 16.6. The molecule has 0 bridgehead atoms. The van der Waals surface area contributed by atoms with Gasteiger partial charge in [-0.2, -0.15) is 5.10 Å². The minimum absolute atomic E-state index is 0.118. The number of hydrazone groups is 1. The second-order valence-electron chi connectivity index (χ2n) is 6.95. The SMILES string of the molecule is COc1ccc(C=NNc2nc3c(N)ncnc3n2[C@@H]2O[C@H](CO)[C@@H](O)[C@H]2O)cc1OC. The third-order valence-corrected chi connectivity index (χ3v) is 5.06. The molecule has 1 aliphatic heterocycles. The highest BCUT2D eigenvalue weighted by Crippen LogP contribution is 2.35. The summed E-state index contributed by atoms with van der Waals surface area (Å²) in [5, 5.41) is 34.3. The van der Waals surface area contributed by atoms with Crippen molar-refractivity contribution in [1.29, 1.82) is 0 Å². The zero-order valence-electron chi connectivity index (χ0n) is 17.3. The van der Waals surface area contributed by atoms with Crippen LogP contribution in [0, 0.1) is 0 Å². The first-order chi connectivity index (χ1) is 15.5. The zero-order chi connectivity index (χ0) is 22.8. The summed E-state index contributed by atoms with van der Waals surface area (Å²) < 4.78 is 17.5. The fraction of sp³-hybridized carbons (Fsp3) is 0.368. The number of methoxy groups -OCH3 is 2. The van der Waals surface area contributed by atoms with E-state index in [0.717, 1.165) is 0 Å². The maximum Gasteiger partial charge on any atom is 0.228 e. The van der Waals surface area contributed by atoms with E-state index in [2.05, 4.69) is 25.5 Å². The molecule has 0 saturated carbocycles. The Morgan fingerprint density at radius 1 is 1.22 bits per heavy atom. The van der Waals surface area contributed by atoms with Gasteiger partial charge in [0.25, 0.3) is 0 Å². The maximum atomic E-state index is 10.5. The van der Waals surface area contributed by atoms with Crippen molar-refractivity contribution in [3.63, 3.8) is 0 Å². The summed E-state index contributed by atoms with van der Waals surface area (Å²) in [4.78, 5) is 12.5. The van der Waals surface area contributed by atoms with E-state index >= 15 is 0 Å². The summed E-state index contributed by atoms with van der Waals surface area (Å²) in [6.45, 7) is -0.474. The number of hydrogen-bond donors (Lipinski definition) is 5. The molecule has 13 nitrogen and oxygen atoms in total. The predicted molar refractivity (Wildman–Crippen MR) is 114 cm³/mol. The fourth-order valence-corrected chi connectivity index (χ4v) is 3.44. The van der Waals surface area contributed by atoms with Crippen molar-refractivity contribution >= 4 is 29.1 Å². The average Bonchev–Trinajstić information content (AvgIpc) is 3.31. The molecule has 2 aromatic heterocycles. The lowest BCUT2D eigenvalue weighted by molar-refractivity contribution is -0.0501. The van der Waals surface area contributed by atoms with E-state index in [4.69, 9.17) is 19.9 Å². The van der Waals surface area contributed by atoms with E-state index in [1.165, 1.54) is 24.2 Å². The molecule has 1 fully saturated rings. The number of fused-ring (bicyclic) bond motifs is 1. The molecule has 4 rings (SSSR count). The minimum Gasteiger partial charge on any atom is -0.493 e. The Kier molecular flexibility index (Phi) is 6.05. The van der Waals surface area contributed by atoms with Gasteiger partial charge in [-0.3, -0.25) is 4.57 Å².